The van der Waals surface area contributed by atoms with Crippen LogP contribution >= 0.6 is 0 Å². The van der Waals surface area contributed by atoms with Gasteiger partial charge in [0.2, 0.25) is 5.91 Å². The number of rotatable bonds is 7. The van der Waals surface area contributed by atoms with Crippen molar-refractivity contribution in [2.24, 2.45) is 5.73 Å². The fourth-order valence-electron chi connectivity index (χ4n) is 1.54. The molecule has 0 unspecified atom stereocenters. The zero-order valence-electron chi connectivity index (χ0n) is 11.8. The first kappa shape index (κ1) is 15.3. The maximum Gasteiger partial charge on any atom is 0.239 e. The average Bonchev–Trinajstić information content (AvgIpc) is 2.46. The molecule has 0 spiro atoms. The number of hydrogen-bond donors (Lipinski definition) is 1. The molecule has 2 N–H and O–H groups in total. The Bertz CT molecular complexity index is 392. The summed E-state index contributed by atoms with van der Waals surface area (Å²) in [7, 11) is 3.35. The minimum absolute atomic E-state index is 0.0548. The number of benzene rings is 1. The van der Waals surface area contributed by atoms with E-state index in [1.54, 1.807) is 19.1 Å². The summed E-state index contributed by atoms with van der Waals surface area (Å²) in [5.74, 6) is 1.48. The summed E-state index contributed by atoms with van der Waals surface area (Å²) in [5, 5.41) is 0. The minimum Gasteiger partial charge on any atom is -0.497 e. The lowest BCUT2D eigenvalue weighted by atomic mass is 10.2. The molecule has 0 saturated heterocycles. The van der Waals surface area contributed by atoms with Gasteiger partial charge in [-0.25, -0.2) is 0 Å². The molecule has 1 atom stereocenters. The van der Waals surface area contributed by atoms with Crippen molar-refractivity contribution in [2.45, 2.75) is 19.4 Å². The fraction of sp³-hybridized carbons (Fsp3) is 0.500. The number of hydrogen-bond acceptors (Lipinski definition) is 4. The number of methoxy groups -OCH3 is 1. The third-order valence-corrected chi connectivity index (χ3v) is 2.89. The van der Waals surface area contributed by atoms with Crippen molar-refractivity contribution in [1.29, 1.82) is 0 Å². The van der Waals surface area contributed by atoms with Crippen LogP contribution in [-0.2, 0) is 4.79 Å². The van der Waals surface area contributed by atoms with Crippen LogP contribution in [0.4, 0.5) is 0 Å². The van der Waals surface area contributed by atoms with Crippen LogP contribution in [0.1, 0.15) is 13.3 Å². The molecule has 0 aromatic heterocycles. The summed E-state index contributed by atoms with van der Waals surface area (Å²) in [6.07, 6.45) is 0.641. The first-order valence-electron chi connectivity index (χ1n) is 6.36. The van der Waals surface area contributed by atoms with E-state index in [0.717, 1.165) is 11.5 Å². The molecule has 1 amide bonds. The predicted molar refractivity (Wildman–Crippen MR) is 74.4 cm³/mol. The van der Waals surface area contributed by atoms with Gasteiger partial charge < -0.3 is 20.1 Å². The molecule has 5 nitrogen and oxygen atoms in total. The molecule has 0 heterocycles. The van der Waals surface area contributed by atoms with Crippen molar-refractivity contribution in [1.82, 2.24) is 4.90 Å². The van der Waals surface area contributed by atoms with Gasteiger partial charge in [-0.05, 0) is 30.7 Å². The number of nitrogens with two attached hydrogens (primary N) is 1. The zero-order chi connectivity index (χ0) is 14.3. The smallest absolute Gasteiger partial charge is 0.239 e. The lowest BCUT2D eigenvalue weighted by molar-refractivity contribution is -0.131. The highest BCUT2D eigenvalue weighted by Gasteiger charge is 2.15. The molecule has 0 aliphatic rings. The van der Waals surface area contributed by atoms with Crippen LogP contribution in [0, 0.1) is 0 Å². The Labute approximate surface area is 114 Å². The quantitative estimate of drug-likeness (QED) is 0.807. The number of nitrogens with zero attached hydrogens (tertiary/aromatic N) is 1. The van der Waals surface area contributed by atoms with Crippen LogP contribution < -0.4 is 15.2 Å². The Hall–Kier alpha value is -1.75. The van der Waals surface area contributed by atoms with Gasteiger partial charge >= 0.3 is 0 Å². The highest BCUT2D eigenvalue weighted by molar-refractivity contribution is 5.81. The monoisotopic (exact) mass is 266 g/mol. The Morgan fingerprint density at radius 2 is 1.89 bits per heavy atom. The zero-order valence-corrected chi connectivity index (χ0v) is 11.8. The van der Waals surface area contributed by atoms with Gasteiger partial charge in [-0.2, -0.15) is 0 Å². The lowest BCUT2D eigenvalue weighted by Crippen LogP contribution is -2.42. The number of likely N-dealkylation sites (N-methyl/N-ethyl adjacent to an activating group) is 1. The molecule has 106 valence electrons. The molecular formula is C14H22N2O3. The van der Waals surface area contributed by atoms with Crippen LogP contribution in [0.15, 0.2) is 24.3 Å². The molecule has 0 radical (unpaired) electrons. The first-order valence-corrected chi connectivity index (χ1v) is 6.36. The molecule has 5 heteroatoms. The largest absolute Gasteiger partial charge is 0.497 e. The van der Waals surface area contributed by atoms with E-state index in [1.807, 2.05) is 31.2 Å². The minimum atomic E-state index is -0.425. The van der Waals surface area contributed by atoms with Gasteiger partial charge in [0.1, 0.15) is 18.1 Å². The van der Waals surface area contributed by atoms with E-state index in [9.17, 15) is 4.79 Å². The Kier molecular flexibility index (Phi) is 6.15. The van der Waals surface area contributed by atoms with Crippen LogP contribution in [0.2, 0.25) is 0 Å². The highest BCUT2D eigenvalue weighted by Crippen LogP contribution is 2.16. The van der Waals surface area contributed by atoms with Crippen LogP contribution in [-0.4, -0.2) is 44.2 Å². The Morgan fingerprint density at radius 1 is 1.32 bits per heavy atom. The molecule has 0 bridgehead atoms. The van der Waals surface area contributed by atoms with E-state index in [2.05, 4.69) is 0 Å². The third kappa shape index (κ3) is 4.79. The van der Waals surface area contributed by atoms with Gasteiger partial charge in [0.15, 0.2) is 0 Å². The molecule has 1 aromatic carbocycles. The van der Waals surface area contributed by atoms with Crippen molar-refractivity contribution in [3.63, 3.8) is 0 Å². The standard InChI is InChI=1S/C14H22N2O3/c1-4-13(15)14(17)16(2)9-10-19-12-7-5-11(18-3)6-8-12/h5-8,13H,4,9-10,15H2,1-3H3/t13-/m1/s1. The molecular weight excluding hydrogens is 244 g/mol. The lowest BCUT2D eigenvalue weighted by Gasteiger charge is -2.20. The fourth-order valence-corrected chi connectivity index (χ4v) is 1.54. The topological polar surface area (TPSA) is 64.8 Å². The van der Waals surface area contributed by atoms with Crippen LogP contribution in [0.3, 0.4) is 0 Å². The van der Waals surface area contributed by atoms with Crippen molar-refractivity contribution in [3.05, 3.63) is 24.3 Å². The second-order valence-electron chi connectivity index (χ2n) is 4.30. The van der Waals surface area contributed by atoms with Gasteiger partial charge in [0.05, 0.1) is 19.7 Å². The van der Waals surface area contributed by atoms with Gasteiger partial charge in [0, 0.05) is 7.05 Å². The summed E-state index contributed by atoms with van der Waals surface area (Å²) in [6, 6.07) is 6.90. The summed E-state index contributed by atoms with van der Waals surface area (Å²) < 4.78 is 10.6. The van der Waals surface area contributed by atoms with Gasteiger partial charge in [-0.15, -0.1) is 0 Å². The maximum atomic E-state index is 11.7. The molecule has 0 fully saturated rings. The number of ether oxygens (including phenoxy) is 2. The average molecular weight is 266 g/mol. The van der Waals surface area contributed by atoms with Gasteiger partial charge in [0.25, 0.3) is 0 Å². The van der Waals surface area contributed by atoms with Crippen LogP contribution in [0.25, 0.3) is 0 Å². The summed E-state index contributed by atoms with van der Waals surface area (Å²) >= 11 is 0. The number of carbonyl (C=O) groups is 1. The predicted octanol–water partition coefficient (Wildman–Crippen LogP) is 1.27. The Balaban J connectivity index is 2.35. The molecule has 1 rings (SSSR count). The molecule has 0 saturated carbocycles. The van der Waals surface area contributed by atoms with Gasteiger partial charge in [-0.3, -0.25) is 4.79 Å². The van der Waals surface area contributed by atoms with Crippen LogP contribution in [0.5, 0.6) is 11.5 Å². The summed E-state index contributed by atoms with van der Waals surface area (Å²) in [5.41, 5.74) is 5.69. The first-order chi connectivity index (χ1) is 9.08. The molecule has 19 heavy (non-hydrogen) atoms. The maximum absolute atomic E-state index is 11.7. The molecule has 0 aliphatic carbocycles. The van der Waals surface area contributed by atoms with Crippen molar-refractivity contribution in [2.75, 3.05) is 27.3 Å². The summed E-state index contributed by atoms with van der Waals surface area (Å²) in [6.45, 7) is 2.84. The Morgan fingerprint density at radius 3 is 2.42 bits per heavy atom. The SMILES string of the molecule is CC[C@@H](N)C(=O)N(C)CCOc1ccc(OC)cc1. The second kappa shape index (κ2) is 7.63. The van der Waals surface area contributed by atoms with Crippen molar-refractivity contribution in [3.8, 4) is 11.5 Å². The van der Waals surface area contributed by atoms with E-state index >= 15 is 0 Å². The van der Waals surface area contributed by atoms with E-state index in [0.29, 0.717) is 19.6 Å². The van der Waals surface area contributed by atoms with Crippen molar-refractivity contribution >= 4 is 5.91 Å². The van der Waals surface area contributed by atoms with E-state index in [-0.39, 0.29) is 5.91 Å². The number of amides is 1. The van der Waals surface area contributed by atoms with Crippen molar-refractivity contribution < 1.29 is 14.3 Å². The second-order valence-corrected chi connectivity index (χ2v) is 4.30. The van der Waals surface area contributed by atoms with Gasteiger partial charge in [-0.1, -0.05) is 6.92 Å². The molecule has 1 aromatic rings. The molecule has 0 aliphatic heterocycles. The normalized spacial score (nSPS) is 11.8. The summed E-state index contributed by atoms with van der Waals surface area (Å²) in [4.78, 5) is 13.3. The number of carbonyl (C=O) groups excluding carboxylic acids is 1. The highest BCUT2D eigenvalue weighted by atomic mass is 16.5. The van der Waals surface area contributed by atoms with E-state index < -0.39 is 6.04 Å². The van der Waals surface area contributed by atoms with E-state index in [1.165, 1.54) is 0 Å². The van der Waals surface area contributed by atoms with E-state index in [4.69, 9.17) is 15.2 Å². The third-order valence-electron chi connectivity index (χ3n) is 2.89.